The number of nitrogens with two attached hydrogens (primary N) is 1. The van der Waals surface area contributed by atoms with Gasteiger partial charge in [-0.2, -0.15) is 0 Å². The van der Waals surface area contributed by atoms with Crippen LogP contribution in [0.15, 0.2) is 18.2 Å². The van der Waals surface area contributed by atoms with Crippen LogP contribution in [-0.2, 0) is 4.79 Å². The minimum absolute atomic E-state index is 0.273. The number of carbonyl (C=O) groups is 1. The molecule has 2 atom stereocenters. The van der Waals surface area contributed by atoms with E-state index in [0.717, 1.165) is 0 Å². The van der Waals surface area contributed by atoms with E-state index >= 15 is 0 Å². The maximum Gasteiger partial charge on any atom is 0.260 e. The Morgan fingerprint density at radius 1 is 1.47 bits per heavy atom. The van der Waals surface area contributed by atoms with E-state index in [4.69, 9.17) is 10.5 Å². The van der Waals surface area contributed by atoms with Crippen LogP contribution in [0.2, 0.25) is 0 Å². The Morgan fingerprint density at radius 3 is 2.65 bits per heavy atom. The smallest absolute Gasteiger partial charge is 0.260 e. The third kappa shape index (κ3) is 3.42. The molecule has 1 aromatic rings. The molecule has 3 N–H and O–H groups in total. The number of rotatable bonds is 4. The Hall–Kier alpha value is -1.62. The summed E-state index contributed by atoms with van der Waals surface area (Å²) in [6, 6.07) is 3.82. The van der Waals surface area contributed by atoms with Crippen molar-refractivity contribution in [2.75, 3.05) is 7.05 Å². The van der Waals surface area contributed by atoms with Crippen LogP contribution in [0.3, 0.4) is 0 Å². The summed E-state index contributed by atoms with van der Waals surface area (Å²) in [7, 11) is 1.51. The van der Waals surface area contributed by atoms with Gasteiger partial charge in [-0.15, -0.1) is 0 Å². The number of carbonyl (C=O) groups excluding carboxylic acids is 1. The van der Waals surface area contributed by atoms with Crippen LogP contribution in [-0.4, -0.2) is 19.1 Å². The number of ether oxygens (including phenoxy) is 1. The number of hydrogen-bond donors (Lipinski definition) is 2. The van der Waals surface area contributed by atoms with Crippen LogP contribution in [0.4, 0.5) is 4.39 Å². The molecule has 4 nitrogen and oxygen atoms in total. The zero-order valence-corrected chi connectivity index (χ0v) is 10.2. The highest BCUT2D eigenvalue weighted by Crippen LogP contribution is 2.25. The average molecular weight is 240 g/mol. The molecule has 0 fully saturated rings. The number of nitrogens with one attached hydrogen (secondary N) is 1. The summed E-state index contributed by atoms with van der Waals surface area (Å²) in [4.78, 5) is 11.3. The van der Waals surface area contributed by atoms with Gasteiger partial charge in [0.25, 0.3) is 5.91 Å². The molecule has 0 radical (unpaired) electrons. The molecule has 0 aliphatic carbocycles. The first-order valence-electron chi connectivity index (χ1n) is 5.39. The van der Waals surface area contributed by atoms with E-state index in [2.05, 4.69) is 5.32 Å². The fourth-order valence-corrected chi connectivity index (χ4v) is 1.43. The molecule has 0 heterocycles. The number of likely N-dealkylation sites (N-methyl/N-ethyl adjacent to an activating group) is 1. The van der Waals surface area contributed by atoms with Crippen molar-refractivity contribution in [3.05, 3.63) is 29.6 Å². The lowest BCUT2D eigenvalue weighted by molar-refractivity contribution is -0.126. The van der Waals surface area contributed by atoms with E-state index in [9.17, 15) is 9.18 Å². The highest BCUT2D eigenvalue weighted by molar-refractivity contribution is 5.80. The lowest BCUT2D eigenvalue weighted by Crippen LogP contribution is -2.34. The van der Waals surface area contributed by atoms with Gasteiger partial charge in [-0.1, -0.05) is 6.07 Å². The van der Waals surface area contributed by atoms with Gasteiger partial charge in [-0.05, 0) is 19.9 Å². The summed E-state index contributed by atoms with van der Waals surface area (Å²) < 4.78 is 18.5. The summed E-state index contributed by atoms with van der Waals surface area (Å²) in [6.45, 7) is 3.36. The lowest BCUT2D eigenvalue weighted by atomic mass is 10.1. The highest BCUT2D eigenvalue weighted by Gasteiger charge is 2.16. The lowest BCUT2D eigenvalue weighted by Gasteiger charge is -2.18. The molecule has 0 aliphatic rings. The molecule has 1 rings (SSSR count). The molecular formula is C12H17FN2O2. The summed E-state index contributed by atoms with van der Waals surface area (Å²) >= 11 is 0. The van der Waals surface area contributed by atoms with Gasteiger partial charge in [0.05, 0.1) is 0 Å². The number of benzene rings is 1. The molecule has 0 saturated carbocycles. The fourth-order valence-electron chi connectivity index (χ4n) is 1.43. The molecule has 0 aliphatic heterocycles. The third-order valence-electron chi connectivity index (χ3n) is 2.39. The number of amides is 1. The minimum Gasteiger partial charge on any atom is -0.480 e. The van der Waals surface area contributed by atoms with E-state index < -0.39 is 11.9 Å². The summed E-state index contributed by atoms with van der Waals surface area (Å²) in [6.07, 6.45) is -0.695. The molecule has 0 spiro atoms. The summed E-state index contributed by atoms with van der Waals surface area (Å²) in [5.74, 6) is -0.394. The third-order valence-corrected chi connectivity index (χ3v) is 2.39. The standard InChI is InChI=1S/C12H17FN2O2/c1-7(14)10-5-4-9(13)6-11(10)17-8(2)12(16)15-3/h4-8H,14H2,1-3H3,(H,15,16)/t7-,8?/m0/s1. The molecule has 0 aromatic heterocycles. The molecule has 94 valence electrons. The number of hydrogen-bond acceptors (Lipinski definition) is 3. The first-order chi connectivity index (χ1) is 7.95. The Balaban J connectivity index is 2.96. The molecular weight excluding hydrogens is 223 g/mol. The molecule has 1 unspecified atom stereocenters. The van der Waals surface area contributed by atoms with Crippen molar-refractivity contribution < 1.29 is 13.9 Å². The first kappa shape index (κ1) is 13.4. The predicted octanol–water partition coefficient (Wildman–Crippen LogP) is 1.36. The topological polar surface area (TPSA) is 64.3 Å². The predicted molar refractivity (Wildman–Crippen MR) is 63.2 cm³/mol. The Morgan fingerprint density at radius 2 is 2.12 bits per heavy atom. The second kappa shape index (κ2) is 5.63. The molecule has 1 amide bonds. The van der Waals surface area contributed by atoms with E-state index in [1.54, 1.807) is 19.9 Å². The minimum atomic E-state index is -0.695. The largest absolute Gasteiger partial charge is 0.480 e. The monoisotopic (exact) mass is 240 g/mol. The number of halogens is 1. The maximum atomic E-state index is 13.1. The van der Waals surface area contributed by atoms with Crippen molar-refractivity contribution in [2.45, 2.75) is 26.0 Å². The van der Waals surface area contributed by atoms with E-state index in [1.807, 2.05) is 0 Å². The van der Waals surface area contributed by atoms with Gasteiger partial charge in [0.2, 0.25) is 0 Å². The second-order valence-corrected chi connectivity index (χ2v) is 3.85. The SMILES string of the molecule is CNC(=O)C(C)Oc1cc(F)ccc1[C@H](C)N. The van der Waals surface area contributed by atoms with E-state index in [1.165, 1.54) is 19.2 Å². The quantitative estimate of drug-likeness (QED) is 0.835. The molecule has 17 heavy (non-hydrogen) atoms. The van der Waals surface area contributed by atoms with Crippen LogP contribution in [0.5, 0.6) is 5.75 Å². The van der Waals surface area contributed by atoms with Gasteiger partial charge in [-0.25, -0.2) is 4.39 Å². The van der Waals surface area contributed by atoms with Crippen LogP contribution in [0, 0.1) is 5.82 Å². The van der Waals surface area contributed by atoms with E-state index in [0.29, 0.717) is 11.3 Å². The van der Waals surface area contributed by atoms with E-state index in [-0.39, 0.29) is 11.9 Å². The summed E-state index contributed by atoms with van der Waals surface area (Å²) in [5.41, 5.74) is 6.41. The summed E-state index contributed by atoms with van der Waals surface area (Å²) in [5, 5.41) is 2.46. The Kier molecular flexibility index (Phi) is 4.45. The van der Waals surface area contributed by atoms with Crippen molar-refractivity contribution in [1.29, 1.82) is 0 Å². The van der Waals surface area contributed by atoms with Gasteiger partial charge < -0.3 is 15.8 Å². The normalized spacial score (nSPS) is 13.9. The zero-order valence-electron chi connectivity index (χ0n) is 10.2. The fraction of sp³-hybridized carbons (Fsp3) is 0.417. The Labute approximate surface area is 100.0 Å². The van der Waals surface area contributed by atoms with Gasteiger partial charge >= 0.3 is 0 Å². The van der Waals surface area contributed by atoms with Crippen molar-refractivity contribution in [2.24, 2.45) is 5.73 Å². The van der Waals surface area contributed by atoms with Gasteiger partial charge in [0, 0.05) is 24.7 Å². The van der Waals surface area contributed by atoms with Crippen molar-refractivity contribution in [1.82, 2.24) is 5.32 Å². The van der Waals surface area contributed by atoms with Gasteiger partial charge in [-0.3, -0.25) is 4.79 Å². The molecule has 0 bridgehead atoms. The van der Waals surface area contributed by atoms with Gasteiger partial charge in [0.15, 0.2) is 6.10 Å². The average Bonchev–Trinajstić information content (AvgIpc) is 2.27. The van der Waals surface area contributed by atoms with Crippen molar-refractivity contribution >= 4 is 5.91 Å². The van der Waals surface area contributed by atoms with Crippen LogP contribution < -0.4 is 15.8 Å². The van der Waals surface area contributed by atoms with Crippen molar-refractivity contribution in [3.8, 4) is 5.75 Å². The van der Waals surface area contributed by atoms with Crippen LogP contribution in [0.1, 0.15) is 25.5 Å². The van der Waals surface area contributed by atoms with Crippen LogP contribution in [0.25, 0.3) is 0 Å². The maximum absolute atomic E-state index is 13.1. The zero-order chi connectivity index (χ0) is 13.0. The highest BCUT2D eigenvalue weighted by atomic mass is 19.1. The molecule has 0 saturated heterocycles. The Bertz CT molecular complexity index is 407. The first-order valence-corrected chi connectivity index (χ1v) is 5.39. The molecule has 5 heteroatoms. The van der Waals surface area contributed by atoms with Crippen molar-refractivity contribution in [3.63, 3.8) is 0 Å². The second-order valence-electron chi connectivity index (χ2n) is 3.85. The van der Waals surface area contributed by atoms with Crippen LogP contribution >= 0.6 is 0 Å². The van der Waals surface area contributed by atoms with Gasteiger partial charge in [0.1, 0.15) is 11.6 Å². The molecule has 1 aromatic carbocycles.